The molecule has 0 aromatic heterocycles. The normalized spacial score (nSPS) is 13.2. The van der Waals surface area contributed by atoms with Crippen LogP contribution in [0.15, 0.2) is 18.2 Å². The molecule has 0 radical (unpaired) electrons. The maximum atomic E-state index is 14.1. The van der Waals surface area contributed by atoms with Crippen LogP contribution in [0.3, 0.4) is 0 Å². The first kappa shape index (κ1) is 17.1. The molecule has 2 N–H and O–H groups in total. The highest BCUT2D eigenvalue weighted by Crippen LogP contribution is 2.25. The molecular formula is C17H29FN2. The Hall–Kier alpha value is -0.930. The number of halogens is 1. The summed E-state index contributed by atoms with van der Waals surface area (Å²) in [7, 11) is 0. The van der Waals surface area contributed by atoms with E-state index in [9.17, 15) is 4.39 Å². The Morgan fingerprint density at radius 3 is 2.35 bits per heavy atom. The number of hydrogen-bond donors (Lipinski definition) is 1. The van der Waals surface area contributed by atoms with Gasteiger partial charge in [0.25, 0.3) is 0 Å². The van der Waals surface area contributed by atoms with Gasteiger partial charge in [-0.15, -0.1) is 0 Å². The molecule has 1 aromatic rings. The lowest BCUT2D eigenvalue weighted by atomic mass is 9.98. The largest absolute Gasteiger partial charge is 0.329 e. The molecule has 2 nitrogen and oxygen atoms in total. The fourth-order valence-corrected chi connectivity index (χ4v) is 2.75. The topological polar surface area (TPSA) is 29.3 Å². The first-order chi connectivity index (χ1) is 9.57. The third-order valence-electron chi connectivity index (χ3n) is 4.23. The number of benzene rings is 1. The van der Waals surface area contributed by atoms with Gasteiger partial charge in [-0.3, -0.25) is 4.90 Å². The number of aryl methyl sites for hydroxylation is 1. The number of likely N-dealkylation sites (N-methyl/N-ethyl adjacent to an activating group) is 1. The summed E-state index contributed by atoms with van der Waals surface area (Å²) in [5, 5.41) is 0. The Balaban J connectivity index is 2.99. The molecule has 1 atom stereocenters. The van der Waals surface area contributed by atoms with Crippen LogP contribution in [-0.4, -0.2) is 24.5 Å². The van der Waals surface area contributed by atoms with Crippen molar-refractivity contribution in [1.29, 1.82) is 0 Å². The van der Waals surface area contributed by atoms with Crippen molar-refractivity contribution in [2.75, 3.05) is 19.6 Å². The Bertz CT molecular complexity index is 402. The van der Waals surface area contributed by atoms with Crippen LogP contribution in [0, 0.1) is 18.7 Å². The molecule has 1 aromatic carbocycles. The molecule has 0 bridgehead atoms. The van der Waals surface area contributed by atoms with Gasteiger partial charge < -0.3 is 5.73 Å². The molecule has 0 aliphatic heterocycles. The first-order valence-corrected chi connectivity index (χ1v) is 7.77. The maximum absolute atomic E-state index is 14.1. The minimum Gasteiger partial charge on any atom is -0.329 e. The average Bonchev–Trinajstić information content (AvgIpc) is 2.46. The summed E-state index contributed by atoms with van der Waals surface area (Å²) in [5.41, 5.74) is 7.77. The van der Waals surface area contributed by atoms with E-state index in [0.29, 0.717) is 12.5 Å². The van der Waals surface area contributed by atoms with Gasteiger partial charge in [0, 0.05) is 24.7 Å². The summed E-state index contributed by atoms with van der Waals surface area (Å²) >= 11 is 0. The first-order valence-electron chi connectivity index (χ1n) is 7.77. The van der Waals surface area contributed by atoms with Crippen LogP contribution in [0.25, 0.3) is 0 Å². The minimum absolute atomic E-state index is 0.0273. The minimum atomic E-state index is -0.144. The van der Waals surface area contributed by atoms with Crippen molar-refractivity contribution in [2.45, 2.75) is 46.6 Å². The molecule has 0 aliphatic rings. The van der Waals surface area contributed by atoms with E-state index in [2.05, 4.69) is 25.7 Å². The van der Waals surface area contributed by atoms with Crippen molar-refractivity contribution in [1.82, 2.24) is 4.90 Å². The highest BCUT2D eigenvalue weighted by atomic mass is 19.1. The Morgan fingerprint density at radius 1 is 1.20 bits per heavy atom. The highest BCUT2D eigenvalue weighted by molar-refractivity contribution is 5.27. The zero-order valence-electron chi connectivity index (χ0n) is 13.3. The molecule has 114 valence electrons. The van der Waals surface area contributed by atoms with Gasteiger partial charge in [0.2, 0.25) is 0 Å². The number of rotatable bonds is 8. The van der Waals surface area contributed by atoms with Gasteiger partial charge in [0.1, 0.15) is 5.82 Å². The molecule has 1 unspecified atom stereocenters. The zero-order valence-corrected chi connectivity index (χ0v) is 13.3. The van der Waals surface area contributed by atoms with E-state index < -0.39 is 0 Å². The number of hydrogen-bond acceptors (Lipinski definition) is 2. The second kappa shape index (κ2) is 8.38. The predicted octanol–water partition coefficient (Wildman–Crippen LogP) is 3.89. The molecule has 0 saturated carbocycles. The van der Waals surface area contributed by atoms with E-state index in [-0.39, 0.29) is 11.9 Å². The molecule has 20 heavy (non-hydrogen) atoms. The van der Waals surface area contributed by atoms with Gasteiger partial charge in [0.15, 0.2) is 0 Å². The van der Waals surface area contributed by atoms with Gasteiger partial charge in [-0.25, -0.2) is 4.39 Å². The third-order valence-corrected chi connectivity index (χ3v) is 4.23. The van der Waals surface area contributed by atoms with E-state index in [1.165, 1.54) is 0 Å². The predicted molar refractivity (Wildman–Crippen MR) is 84.3 cm³/mol. The Morgan fingerprint density at radius 2 is 1.85 bits per heavy atom. The molecule has 0 saturated heterocycles. The van der Waals surface area contributed by atoms with E-state index in [0.717, 1.165) is 37.1 Å². The second-order valence-electron chi connectivity index (χ2n) is 5.55. The standard InChI is InChI=1S/C17H29FN2/c1-5-14(6-2)12-20(7-3)17(11-19)15-10-13(4)8-9-16(15)18/h8-10,14,17H,5-7,11-12,19H2,1-4H3. The lowest BCUT2D eigenvalue weighted by Crippen LogP contribution is -2.37. The Kier molecular flexibility index (Phi) is 7.17. The fraction of sp³-hybridized carbons (Fsp3) is 0.647. The third kappa shape index (κ3) is 4.29. The molecule has 0 spiro atoms. The second-order valence-corrected chi connectivity index (χ2v) is 5.55. The molecule has 3 heteroatoms. The van der Waals surface area contributed by atoms with Crippen LogP contribution in [0.2, 0.25) is 0 Å². The quantitative estimate of drug-likeness (QED) is 0.782. The van der Waals surface area contributed by atoms with Gasteiger partial charge >= 0.3 is 0 Å². The van der Waals surface area contributed by atoms with Crippen LogP contribution in [0.5, 0.6) is 0 Å². The summed E-state index contributed by atoms with van der Waals surface area (Å²) in [4.78, 5) is 2.32. The van der Waals surface area contributed by atoms with Crippen molar-refractivity contribution in [3.63, 3.8) is 0 Å². The number of nitrogens with zero attached hydrogens (tertiary/aromatic N) is 1. The summed E-state index contributed by atoms with van der Waals surface area (Å²) in [6, 6.07) is 5.27. The van der Waals surface area contributed by atoms with Crippen molar-refractivity contribution in [3.8, 4) is 0 Å². The van der Waals surface area contributed by atoms with Crippen LogP contribution in [0.4, 0.5) is 4.39 Å². The summed E-state index contributed by atoms with van der Waals surface area (Å²) in [6.45, 7) is 10.9. The fourth-order valence-electron chi connectivity index (χ4n) is 2.75. The van der Waals surface area contributed by atoms with Crippen LogP contribution in [-0.2, 0) is 0 Å². The van der Waals surface area contributed by atoms with E-state index in [4.69, 9.17) is 5.73 Å². The number of nitrogens with two attached hydrogens (primary N) is 1. The van der Waals surface area contributed by atoms with Gasteiger partial charge in [-0.1, -0.05) is 51.3 Å². The molecule has 1 rings (SSSR count). The van der Waals surface area contributed by atoms with Crippen molar-refractivity contribution < 1.29 is 4.39 Å². The van der Waals surface area contributed by atoms with Gasteiger partial charge in [-0.2, -0.15) is 0 Å². The lowest BCUT2D eigenvalue weighted by Gasteiger charge is -2.33. The highest BCUT2D eigenvalue weighted by Gasteiger charge is 2.22. The Labute approximate surface area is 123 Å². The summed E-state index contributed by atoms with van der Waals surface area (Å²) in [6.07, 6.45) is 2.31. The SMILES string of the molecule is CCC(CC)CN(CC)C(CN)c1cc(C)ccc1F. The molecule has 0 fully saturated rings. The molecular weight excluding hydrogens is 251 g/mol. The molecule has 0 heterocycles. The van der Waals surface area contributed by atoms with Crippen molar-refractivity contribution in [2.24, 2.45) is 11.7 Å². The monoisotopic (exact) mass is 280 g/mol. The van der Waals surface area contributed by atoms with Crippen LogP contribution >= 0.6 is 0 Å². The maximum Gasteiger partial charge on any atom is 0.128 e. The van der Waals surface area contributed by atoms with Crippen LogP contribution in [0.1, 0.15) is 50.8 Å². The van der Waals surface area contributed by atoms with Crippen LogP contribution < -0.4 is 5.73 Å². The summed E-state index contributed by atoms with van der Waals surface area (Å²) < 4.78 is 14.1. The van der Waals surface area contributed by atoms with Gasteiger partial charge in [0.05, 0.1) is 0 Å². The molecule has 0 amide bonds. The van der Waals surface area contributed by atoms with E-state index in [1.54, 1.807) is 6.07 Å². The van der Waals surface area contributed by atoms with E-state index >= 15 is 0 Å². The lowest BCUT2D eigenvalue weighted by molar-refractivity contribution is 0.171. The van der Waals surface area contributed by atoms with Crippen molar-refractivity contribution >= 4 is 0 Å². The smallest absolute Gasteiger partial charge is 0.128 e. The molecule has 0 aliphatic carbocycles. The van der Waals surface area contributed by atoms with Crippen molar-refractivity contribution in [3.05, 3.63) is 35.1 Å². The average molecular weight is 280 g/mol. The zero-order chi connectivity index (χ0) is 15.1. The summed E-state index contributed by atoms with van der Waals surface area (Å²) in [5.74, 6) is 0.505. The van der Waals surface area contributed by atoms with Gasteiger partial charge in [-0.05, 0) is 25.5 Å². The van der Waals surface area contributed by atoms with E-state index in [1.807, 2.05) is 19.1 Å².